The number of carbonyl (C=O) groups is 1. The molecule has 0 atom stereocenters. The Morgan fingerprint density at radius 2 is 2.39 bits per heavy atom. The van der Waals surface area contributed by atoms with Gasteiger partial charge in [-0.1, -0.05) is 5.16 Å². The van der Waals surface area contributed by atoms with Crippen LogP contribution in [0.4, 0.5) is 0 Å². The first-order valence-corrected chi connectivity index (χ1v) is 6.92. The largest absolute Gasteiger partial charge is 0.409 e. The Balaban J connectivity index is 1.90. The molecular weight excluding hydrogens is 250 g/mol. The van der Waals surface area contributed by atoms with E-state index in [-0.39, 0.29) is 11.7 Å². The van der Waals surface area contributed by atoms with Crippen molar-refractivity contribution < 1.29 is 10.0 Å². The van der Waals surface area contributed by atoms with Gasteiger partial charge in [0.05, 0.1) is 6.42 Å². The Kier molecular flexibility index (Phi) is 4.19. The molecular formula is C12H17N3O2S. The Labute approximate surface area is 110 Å². The lowest BCUT2D eigenvalue weighted by Gasteiger charge is -2.22. The van der Waals surface area contributed by atoms with E-state index >= 15 is 0 Å². The van der Waals surface area contributed by atoms with Gasteiger partial charge in [-0.3, -0.25) is 4.79 Å². The second-order valence-electron chi connectivity index (χ2n) is 4.47. The highest BCUT2D eigenvalue weighted by Gasteiger charge is 2.32. The van der Waals surface area contributed by atoms with Crippen LogP contribution in [0.2, 0.25) is 0 Å². The molecule has 1 heterocycles. The summed E-state index contributed by atoms with van der Waals surface area (Å²) in [6, 6.07) is 2.32. The monoisotopic (exact) mass is 267 g/mol. The molecule has 1 aliphatic carbocycles. The van der Waals surface area contributed by atoms with Crippen LogP contribution in [-0.2, 0) is 11.2 Å². The third kappa shape index (κ3) is 3.46. The van der Waals surface area contributed by atoms with Crippen LogP contribution in [0.15, 0.2) is 22.0 Å². The van der Waals surface area contributed by atoms with E-state index in [4.69, 9.17) is 10.9 Å². The summed E-state index contributed by atoms with van der Waals surface area (Å²) in [5, 5.41) is 15.4. The molecule has 0 saturated heterocycles. The number of oxime groups is 1. The number of nitrogens with two attached hydrogens (primary N) is 1. The third-order valence-electron chi connectivity index (χ3n) is 2.98. The Morgan fingerprint density at radius 1 is 1.61 bits per heavy atom. The van der Waals surface area contributed by atoms with Crippen LogP contribution in [0, 0.1) is 0 Å². The molecule has 0 bridgehead atoms. The molecule has 1 fully saturated rings. The average molecular weight is 267 g/mol. The molecule has 0 aromatic carbocycles. The van der Waals surface area contributed by atoms with Crippen molar-refractivity contribution in [1.82, 2.24) is 4.90 Å². The van der Waals surface area contributed by atoms with Crippen LogP contribution in [0.1, 0.15) is 24.8 Å². The number of hydrogen-bond acceptors (Lipinski definition) is 4. The lowest BCUT2D eigenvalue weighted by molar-refractivity contribution is -0.130. The van der Waals surface area contributed by atoms with Crippen molar-refractivity contribution in [3.8, 4) is 0 Å². The molecule has 0 spiro atoms. The molecule has 1 aromatic rings. The molecule has 6 heteroatoms. The van der Waals surface area contributed by atoms with Gasteiger partial charge < -0.3 is 15.8 Å². The number of rotatable bonds is 6. The Hall–Kier alpha value is -1.56. The van der Waals surface area contributed by atoms with Gasteiger partial charge in [0.1, 0.15) is 5.84 Å². The molecule has 1 aliphatic rings. The first-order chi connectivity index (χ1) is 8.70. The SMILES string of the molecule is NC(CCN(C(=O)Cc1ccsc1)C1CC1)=NO. The van der Waals surface area contributed by atoms with Crippen molar-refractivity contribution in [1.29, 1.82) is 0 Å². The fourth-order valence-corrected chi connectivity index (χ4v) is 2.52. The molecule has 1 saturated carbocycles. The molecule has 5 nitrogen and oxygen atoms in total. The zero-order valence-corrected chi connectivity index (χ0v) is 10.9. The Morgan fingerprint density at radius 3 is 2.94 bits per heavy atom. The first kappa shape index (κ1) is 12.9. The first-order valence-electron chi connectivity index (χ1n) is 5.97. The standard InChI is InChI=1S/C12H17N3O2S/c13-11(14-17)3-5-15(10-1-2-10)12(16)7-9-4-6-18-8-9/h4,6,8,10,17H,1-3,5,7H2,(H2,13,14). The van der Waals surface area contributed by atoms with E-state index in [0.717, 1.165) is 18.4 Å². The molecule has 0 radical (unpaired) electrons. The van der Waals surface area contributed by atoms with Gasteiger partial charge in [0.2, 0.25) is 5.91 Å². The summed E-state index contributed by atoms with van der Waals surface area (Å²) in [5.74, 6) is 0.297. The van der Waals surface area contributed by atoms with E-state index in [1.807, 2.05) is 21.7 Å². The summed E-state index contributed by atoms with van der Waals surface area (Å²) in [7, 11) is 0. The van der Waals surface area contributed by atoms with Gasteiger partial charge in [-0.15, -0.1) is 0 Å². The highest BCUT2D eigenvalue weighted by atomic mass is 32.1. The minimum Gasteiger partial charge on any atom is -0.409 e. The van der Waals surface area contributed by atoms with Crippen LogP contribution in [0.25, 0.3) is 0 Å². The fraction of sp³-hybridized carbons (Fsp3) is 0.500. The second kappa shape index (κ2) is 5.86. The third-order valence-corrected chi connectivity index (χ3v) is 3.71. The maximum absolute atomic E-state index is 12.2. The minimum atomic E-state index is 0.127. The van der Waals surface area contributed by atoms with E-state index in [1.54, 1.807) is 11.3 Å². The summed E-state index contributed by atoms with van der Waals surface area (Å²) >= 11 is 1.60. The number of nitrogens with zero attached hydrogens (tertiary/aromatic N) is 2. The van der Waals surface area contributed by atoms with Crippen LogP contribution in [0.5, 0.6) is 0 Å². The van der Waals surface area contributed by atoms with E-state index in [1.165, 1.54) is 0 Å². The maximum Gasteiger partial charge on any atom is 0.227 e. The van der Waals surface area contributed by atoms with E-state index < -0.39 is 0 Å². The van der Waals surface area contributed by atoms with E-state index in [2.05, 4.69) is 5.16 Å². The van der Waals surface area contributed by atoms with Gasteiger partial charge in [-0.05, 0) is 35.2 Å². The maximum atomic E-state index is 12.2. The quantitative estimate of drug-likeness (QED) is 0.354. The zero-order valence-electron chi connectivity index (χ0n) is 10.1. The number of amidine groups is 1. The van der Waals surface area contributed by atoms with Gasteiger partial charge in [-0.2, -0.15) is 11.3 Å². The number of hydrogen-bond donors (Lipinski definition) is 2. The number of amides is 1. The van der Waals surface area contributed by atoms with Gasteiger partial charge >= 0.3 is 0 Å². The van der Waals surface area contributed by atoms with Gasteiger partial charge in [-0.25, -0.2) is 0 Å². The van der Waals surface area contributed by atoms with Gasteiger partial charge in [0, 0.05) is 19.0 Å². The van der Waals surface area contributed by atoms with Crippen molar-refractivity contribution in [2.75, 3.05) is 6.54 Å². The number of carbonyl (C=O) groups excluding carboxylic acids is 1. The van der Waals surface area contributed by atoms with E-state index in [9.17, 15) is 4.79 Å². The minimum absolute atomic E-state index is 0.127. The fourth-order valence-electron chi connectivity index (χ4n) is 1.85. The molecule has 98 valence electrons. The molecule has 18 heavy (non-hydrogen) atoms. The van der Waals surface area contributed by atoms with Gasteiger partial charge in [0.25, 0.3) is 0 Å². The van der Waals surface area contributed by atoms with Crippen molar-refractivity contribution in [2.24, 2.45) is 10.9 Å². The highest BCUT2D eigenvalue weighted by molar-refractivity contribution is 7.07. The average Bonchev–Trinajstić information content (AvgIpc) is 3.07. The molecule has 1 aromatic heterocycles. The zero-order chi connectivity index (χ0) is 13.0. The normalized spacial score (nSPS) is 15.7. The van der Waals surface area contributed by atoms with Crippen LogP contribution >= 0.6 is 11.3 Å². The molecule has 1 amide bonds. The predicted octanol–water partition coefficient (Wildman–Crippen LogP) is 1.42. The summed E-state index contributed by atoms with van der Waals surface area (Å²) in [6.07, 6.45) is 2.98. The summed E-state index contributed by atoms with van der Waals surface area (Å²) < 4.78 is 0. The molecule has 3 N–H and O–H groups in total. The predicted molar refractivity (Wildman–Crippen MR) is 70.8 cm³/mol. The summed E-state index contributed by atoms with van der Waals surface area (Å²) in [5.41, 5.74) is 6.50. The van der Waals surface area contributed by atoms with Crippen molar-refractivity contribution in [3.63, 3.8) is 0 Å². The number of thiophene rings is 1. The summed E-state index contributed by atoms with van der Waals surface area (Å²) in [4.78, 5) is 14.0. The van der Waals surface area contributed by atoms with Crippen LogP contribution in [0.3, 0.4) is 0 Å². The van der Waals surface area contributed by atoms with Crippen LogP contribution in [-0.4, -0.2) is 34.4 Å². The topological polar surface area (TPSA) is 78.9 Å². The van der Waals surface area contributed by atoms with Crippen molar-refractivity contribution in [2.45, 2.75) is 31.7 Å². The molecule has 0 unspecified atom stereocenters. The van der Waals surface area contributed by atoms with Crippen LogP contribution < -0.4 is 5.73 Å². The lowest BCUT2D eigenvalue weighted by Crippen LogP contribution is -2.36. The summed E-state index contributed by atoms with van der Waals surface area (Å²) in [6.45, 7) is 0.531. The van der Waals surface area contributed by atoms with Gasteiger partial charge in [0.15, 0.2) is 0 Å². The second-order valence-corrected chi connectivity index (χ2v) is 5.25. The van der Waals surface area contributed by atoms with Crippen molar-refractivity contribution >= 4 is 23.1 Å². The molecule has 2 rings (SSSR count). The Bertz CT molecular complexity index is 427. The van der Waals surface area contributed by atoms with Crippen molar-refractivity contribution in [3.05, 3.63) is 22.4 Å². The smallest absolute Gasteiger partial charge is 0.227 e. The van der Waals surface area contributed by atoms with E-state index in [0.29, 0.717) is 25.4 Å². The lowest BCUT2D eigenvalue weighted by atomic mass is 10.2. The molecule has 0 aliphatic heterocycles. The highest BCUT2D eigenvalue weighted by Crippen LogP contribution is 2.27.